The average molecular weight is 445 g/mol. The van der Waals surface area contributed by atoms with Crippen molar-refractivity contribution >= 4 is 59.6 Å². The van der Waals surface area contributed by atoms with Gasteiger partial charge in [0.1, 0.15) is 0 Å². The normalized spacial score (nSPS) is 11.8. The molecule has 1 unspecified atom stereocenters. The van der Waals surface area contributed by atoms with E-state index >= 15 is 0 Å². The summed E-state index contributed by atoms with van der Waals surface area (Å²) in [6.45, 7) is 3.78. The lowest BCUT2D eigenvalue weighted by atomic mass is 10.3. The van der Waals surface area contributed by atoms with Crippen LogP contribution < -0.4 is 5.90 Å². The zero-order valence-electron chi connectivity index (χ0n) is 7.04. The lowest BCUT2D eigenvalue weighted by Gasteiger charge is -1.97. The van der Waals surface area contributed by atoms with Crippen molar-refractivity contribution in [1.29, 1.82) is 0 Å². The largest absolute Gasteiger partial charge is 0.223 e. The topological polar surface area (TPSA) is 52.3 Å². The summed E-state index contributed by atoms with van der Waals surface area (Å²) in [5.41, 5.74) is 0.969. The molecule has 2 N–H and O–H groups in total. The Morgan fingerprint density at radius 3 is 2.38 bits per heavy atom. The molecular weight excluding hydrogens is 436 g/mol. The Hall–Kier alpha value is 1.23. The van der Waals surface area contributed by atoms with Gasteiger partial charge in [-0.25, -0.2) is 4.21 Å². The molecule has 1 aromatic heterocycles. The summed E-state index contributed by atoms with van der Waals surface area (Å²) in [5, 5.41) is 1.93. The van der Waals surface area contributed by atoms with Crippen LogP contribution in [0.1, 0.15) is 10.4 Å². The Labute approximate surface area is 107 Å². The van der Waals surface area contributed by atoms with Crippen LogP contribution in [0.4, 0.5) is 0 Å². The summed E-state index contributed by atoms with van der Waals surface area (Å²) in [6.07, 6.45) is 0. The molecule has 0 amide bonds. The van der Waals surface area contributed by atoms with E-state index < -0.39 is 11.1 Å². The van der Waals surface area contributed by atoms with Crippen LogP contribution in [-0.2, 0) is 15.4 Å². The van der Waals surface area contributed by atoms with Crippen molar-refractivity contribution < 1.29 is 8.49 Å². The standard InChI is InChI=1S/C6H9NO2S2.I2/c1-4-3-10-5(2)6(4)11(8)9-7;1-2/h3H,7H2,1-2H3;. The zero-order valence-corrected chi connectivity index (χ0v) is 13.0. The van der Waals surface area contributed by atoms with E-state index in [0.717, 1.165) is 10.4 Å². The molecule has 0 radical (unpaired) electrons. The van der Waals surface area contributed by atoms with Gasteiger partial charge in [0.25, 0.3) is 0 Å². The van der Waals surface area contributed by atoms with Crippen molar-refractivity contribution in [3.05, 3.63) is 15.8 Å². The number of halogens is 2. The molecule has 1 heterocycles. The van der Waals surface area contributed by atoms with Gasteiger partial charge in [-0.15, -0.1) is 11.3 Å². The fourth-order valence-electron chi connectivity index (χ4n) is 0.858. The highest BCUT2D eigenvalue weighted by Gasteiger charge is 2.11. The van der Waals surface area contributed by atoms with E-state index in [2.05, 4.69) is 41.5 Å². The van der Waals surface area contributed by atoms with Crippen molar-refractivity contribution in [3.8, 4) is 0 Å². The number of hydrogen-bond acceptors (Lipinski definition) is 4. The second-order valence-electron chi connectivity index (χ2n) is 2.13. The van der Waals surface area contributed by atoms with Crippen LogP contribution in [0.15, 0.2) is 10.3 Å². The van der Waals surface area contributed by atoms with Gasteiger partial charge in [0.15, 0.2) is 0 Å². The molecule has 0 fully saturated rings. The summed E-state index contributed by atoms with van der Waals surface area (Å²) >= 11 is 4.29. The van der Waals surface area contributed by atoms with Gasteiger partial charge in [-0.3, -0.25) is 0 Å². The van der Waals surface area contributed by atoms with Crippen molar-refractivity contribution in [2.24, 2.45) is 5.90 Å². The third-order valence-corrected chi connectivity index (χ3v) is 3.64. The van der Waals surface area contributed by atoms with Crippen LogP contribution in [0.5, 0.6) is 0 Å². The first-order valence-electron chi connectivity index (χ1n) is 3.14. The number of hydrogen-bond donors (Lipinski definition) is 1. The molecule has 1 atom stereocenters. The Balaban J connectivity index is 0.000000671. The molecule has 7 heteroatoms. The number of thiophene rings is 1. The molecule has 0 bridgehead atoms. The highest BCUT2D eigenvalue weighted by Crippen LogP contribution is 2.24. The molecule has 0 aromatic carbocycles. The molecule has 76 valence electrons. The highest BCUT2D eigenvalue weighted by atomic mass is 128. The van der Waals surface area contributed by atoms with Gasteiger partial charge in [0.2, 0.25) is 11.1 Å². The third kappa shape index (κ3) is 4.08. The predicted octanol–water partition coefficient (Wildman–Crippen LogP) is 3.05. The maximum absolute atomic E-state index is 11.1. The Morgan fingerprint density at radius 2 is 2.08 bits per heavy atom. The first-order valence-corrected chi connectivity index (χ1v) is 11.4. The minimum atomic E-state index is -1.49. The van der Waals surface area contributed by atoms with E-state index in [9.17, 15) is 4.21 Å². The fourth-order valence-corrected chi connectivity index (χ4v) is 2.67. The minimum absolute atomic E-state index is 0.706. The highest BCUT2D eigenvalue weighted by molar-refractivity contribution is 15.0. The lowest BCUT2D eigenvalue weighted by Crippen LogP contribution is -2.04. The smallest absolute Gasteiger partial charge is 0.207 e. The molecule has 1 rings (SSSR count). The molecular formula is C6H9I2NO2S2. The lowest BCUT2D eigenvalue weighted by molar-refractivity contribution is 0.367. The second-order valence-corrected chi connectivity index (χ2v) is 4.29. The molecule has 0 aliphatic heterocycles. The molecule has 0 spiro atoms. The number of aryl methyl sites for hydroxylation is 2. The summed E-state index contributed by atoms with van der Waals surface area (Å²) in [6, 6.07) is 0. The van der Waals surface area contributed by atoms with Gasteiger partial charge in [0.05, 0.1) is 4.90 Å². The van der Waals surface area contributed by atoms with E-state index in [4.69, 9.17) is 5.90 Å². The summed E-state index contributed by atoms with van der Waals surface area (Å²) in [7, 11) is 0. The Bertz CT molecular complexity index is 271. The maximum atomic E-state index is 11.1. The summed E-state index contributed by atoms with van der Waals surface area (Å²) in [4.78, 5) is 1.70. The van der Waals surface area contributed by atoms with Gasteiger partial charge in [0, 0.05) is 42.1 Å². The zero-order chi connectivity index (χ0) is 10.4. The monoisotopic (exact) mass is 445 g/mol. The molecule has 0 saturated heterocycles. The van der Waals surface area contributed by atoms with Crippen molar-refractivity contribution in [3.63, 3.8) is 0 Å². The average Bonchev–Trinajstić information content (AvgIpc) is 2.49. The van der Waals surface area contributed by atoms with Crippen molar-refractivity contribution in [2.45, 2.75) is 18.7 Å². The van der Waals surface area contributed by atoms with Crippen LogP contribution in [0.2, 0.25) is 0 Å². The molecule has 1 aromatic rings. The van der Waals surface area contributed by atoms with Crippen molar-refractivity contribution in [1.82, 2.24) is 0 Å². The van der Waals surface area contributed by atoms with Crippen LogP contribution in [-0.4, -0.2) is 4.21 Å². The first-order chi connectivity index (χ1) is 6.16. The summed E-state index contributed by atoms with van der Waals surface area (Å²) < 4.78 is 15.3. The molecule has 0 aliphatic carbocycles. The van der Waals surface area contributed by atoms with Gasteiger partial charge >= 0.3 is 0 Å². The number of rotatable bonds is 2. The second kappa shape index (κ2) is 7.51. The first kappa shape index (κ1) is 14.2. The van der Waals surface area contributed by atoms with E-state index in [1.807, 2.05) is 19.2 Å². The quantitative estimate of drug-likeness (QED) is 0.563. The molecule has 0 aliphatic rings. The van der Waals surface area contributed by atoms with E-state index in [0.29, 0.717) is 4.90 Å². The maximum Gasteiger partial charge on any atom is 0.207 e. The Kier molecular flexibility index (Phi) is 8.22. The van der Waals surface area contributed by atoms with Gasteiger partial charge in [-0.05, 0) is 24.8 Å². The van der Waals surface area contributed by atoms with E-state index in [1.165, 1.54) is 0 Å². The van der Waals surface area contributed by atoms with Crippen LogP contribution >= 0.6 is 48.6 Å². The Morgan fingerprint density at radius 1 is 1.54 bits per heavy atom. The fraction of sp³-hybridized carbons (Fsp3) is 0.333. The molecule has 3 nitrogen and oxygen atoms in total. The van der Waals surface area contributed by atoms with Crippen molar-refractivity contribution in [2.75, 3.05) is 0 Å². The SMILES string of the molecule is Cc1csc(C)c1S(=O)ON.II. The molecule has 13 heavy (non-hydrogen) atoms. The van der Waals surface area contributed by atoms with E-state index in [1.54, 1.807) is 11.3 Å². The van der Waals surface area contributed by atoms with Gasteiger partial charge < -0.3 is 0 Å². The number of nitrogens with two attached hydrogens (primary N) is 1. The van der Waals surface area contributed by atoms with Crippen LogP contribution in [0, 0.1) is 13.8 Å². The van der Waals surface area contributed by atoms with Gasteiger partial charge in [-0.2, -0.15) is 10.2 Å². The van der Waals surface area contributed by atoms with Crippen LogP contribution in [0.25, 0.3) is 0 Å². The van der Waals surface area contributed by atoms with E-state index in [-0.39, 0.29) is 0 Å². The predicted molar refractivity (Wildman–Crippen MR) is 73.5 cm³/mol. The van der Waals surface area contributed by atoms with Crippen LogP contribution in [0.3, 0.4) is 0 Å². The molecule has 0 saturated carbocycles. The third-order valence-electron chi connectivity index (χ3n) is 1.34. The minimum Gasteiger partial charge on any atom is -0.223 e. The van der Waals surface area contributed by atoms with Gasteiger partial charge in [-0.1, -0.05) is 0 Å². The summed E-state index contributed by atoms with van der Waals surface area (Å²) in [5.74, 6) is 4.81.